The molecule has 0 atom stereocenters. The lowest BCUT2D eigenvalue weighted by Gasteiger charge is -2.08. The van der Waals surface area contributed by atoms with Crippen LogP contribution in [-0.2, 0) is 11.3 Å². The zero-order chi connectivity index (χ0) is 14.5. The van der Waals surface area contributed by atoms with Crippen molar-refractivity contribution in [3.8, 4) is 11.1 Å². The van der Waals surface area contributed by atoms with Gasteiger partial charge in [-0.25, -0.2) is 0 Å². The highest BCUT2D eigenvalue weighted by Gasteiger charge is 2.16. The van der Waals surface area contributed by atoms with Crippen LogP contribution in [0.3, 0.4) is 0 Å². The van der Waals surface area contributed by atoms with Crippen LogP contribution in [0.5, 0.6) is 0 Å². The minimum Gasteiger partial charge on any atom is -0.472 e. The lowest BCUT2D eigenvalue weighted by molar-refractivity contribution is -0.118. The summed E-state index contributed by atoms with van der Waals surface area (Å²) in [5.74, 6) is 0.732. The molecule has 3 nitrogen and oxygen atoms in total. The Morgan fingerprint density at radius 2 is 2.24 bits per heavy atom. The van der Waals surface area contributed by atoms with E-state index in [9.17, 15) is 4.79 Å². The molecule has 112 valence electrons. The van der Waals surface area contributed by atoms with Crippen molar-refractivity contribution < 1.29 is 9.21 Å². The van der Waals surface area contributed by atoms with Crippen molar-refractivity contribution in [3.05, 3.63) is 34.9 Å². The minimum absolute atomic E-state index is 0.144. The zero-order valence-corrected chi connectivity index (χ0v) is 13.5. The van der Waals surface area contributed by atoms with E-state index in [0.717, 1.165) is 11.1 Å². The van der Waals surface area contributed by atoms with Gasteiger partial charge in [0.05, 0.1) is 24.8 Å². The molecule has 3 rings (SSSR count). The van der Waals surface area contributed by atoms with Crippen LogP contribution >= 0.6 is 23.1 Å². The van der Waals surface area contributed by atoms with Gasteiger partial charge in [0, 0.05) is 15.7 Å². The van der Waals surface area contributed by atoms with E-state index in [1.165, 1.54) is 30.6 Å². The summed E-state index contributed by atoms with van der Waals surface area (Å²) in [5.41, 5.74) is 2.24. The van der Waals surface area contributed by atoms with Gasteiger partial charge in [0.1, 0.15) is 0 Å². The van der Waals surface area contributed by atoms with E-state index in [4.69, 9.17) is 4.42 Å². The number of hydrogen-bond donors (Lipinski definition) is 1. The largest absolute Gasteiger partial charge is 0.472 e. The number of thiophene rings is 1. The lowest BCUT2D eigenvalue weighted by Crippen LogP contribution is -2.24. The quantitative estimate of drug-likeness (QED) is 0.862. The van der Waals surface area contributed by atoms with E-state index < -0.39 is 0 Å². The molecule has 0 bridgehead atoms. The fourth-order valence-electron chi connectivity index (χ4n) is 2.54. The number of amides is 1. The van der Waals surface area contributed by atoms with E-state index >= 15 is 0 Å². The van der Waals surface area contributed by atoms with Crippen LogP contribution in [0.2, 0.25) is 0 Å². The molecular weight excluding hydrogens is 302 g/mol. The average molecular weight is 321 g/mol. The molecule has 1 fully saturated rings. The Bertz CT molecular complexity index is 571. The maximum absolute atomic E-state index is 11.9. The van der Waals surface area contributed by atoms with Crippen LogP contribution in [0.25, 0.3) is 11.1 Å². The SMILES string of the molecule is O=C(CSC1CCCC1)NCc1cc(-c2ccoc2)cs1. The number of carbonyl (C=O) groups excluding carboxylic acids is 1. The molecule has 2 aromatic heterocycles. The second kappa shape index (κ2) is 7.18. The number of thioether (sulfide) groups is 1. The standard InChI is InChI=1S/C16H19NO2S2/c18-16(11-21-14-3-1-2-4-14)17-8-15-7-13(10-20-15)12-5-6-19-9-12/h5-7,9-10,14H,1-4,8,11H2,(H,17,18). The molecule has 1 N–H and O–H groups in total. The molecule has 0 unspecified atom stereocenters. The topological polar surface area (TPSA) is 42.2 Å². The van der Waals surface area contributed by atoms with Gasteiger partial charge in [-0.05, 0) is 35.9 Å². The van der Waals surface area contributed by atoms with E-state index in [0.29, 0.717) is 17.5 Å². The zero-order valence-electron chi connectivity index (χ0n) is 11.8. The first-order valence-electron chi connectivity index (χ1n) is 7.29. The Morgan fingerprint density at radius 3 is 3.00 bits per heavy atom. The molecule has 0 aliphatic heterocycles. The van der Waals surface area contributed by atoms with Crippen LogP contribution in [-0.4, -0.2) is 16.9 Å². The molecule has 0 saturated heterocycles. The lowest BCUT2D eigenvalue weighted by atomic mass is 10.2. The molecule has 0 spiro atoms. The van der Waals surface area contributed by atoms with Crippen molar-refractivity contribution >= 4 is 29.0 Å². The Hall–Kier alpha value is -1.20. The summed E-state index contributed by atoms with van der Waals surface area (Å²) in [7, 11) is 0. The predicted octanol–water partition coefficient (Wildman–Crippen LogP) is 4.30. The van der Waals surface area contributed by atoms with Gasteiger partial charge < -0.3 is 9.73 Å². The highest BCUT2D eigenvalue weighted by Crippen LogP contribution is 2.29. The summed E-state index contributed by atoms with van der Waals surface area (Å²) in [4.78, 5) is 13.0. The van der Waals surface area contributed by atoms with Gasteiger partial charge in [0.15, 0.2) is 0 Å². The number of hydrogen-bond acceptors (Lipinski definition) is 4. The van der Waals surface area contributed by atoms with Crippen LogP contribution in [0.15, 0.2) is 34.5 Å². The molecule has 2 aromatic rings. The third-order valence-electron chi connectivity index (χ3n) is 3.72. The fourth-order valence-corrected chi connectivity index (χ4v) is 4.53. The molecule has 21 heavy (non-hydrogen) atoms. The molecule has 1 amide bonds. The fraction of sp³-hybridized carbons (Fsp3) is 0.438. The van der Waals surface area contributed by atoms with Gasteiger partial charge in [-0.15, -0.1) is 23.1 Å². The van der Waals surface area contributed by atoms with Crippen LogP contribution in [0.1, 0.15) is 30.6 Å². The Balaban J connectivity index is 1.43. The van der Waals surface area contributed by atoms with Crippen molar-refractivity contribution in [1.29, 1.82) is 0 Å². The molecule has 0 aromatic carbocycles. The monoisotopic (exact) mass is 321 g/mol. The molecular formula is C16H19NO2S2. The summed E-state index contributed by atoms with van der Waals surface area (Å²) in [6.07, 6.45) is 8.61. The van der Waals surface area contributed by atoms with E-state index in [-0.39, 0.29) is 5.91 Å². The molecule has 2 heterocycles. The number of nitrogens with one attached hydrogen (secondary N) is 1. The molecule has 0 radical (unpaired) electrons. The van der Waals surface area contributed by atoms with Gasteiger partial charge in [0.2, 0.25) is 5.91 Å². The predicted molar refractivity (Wildman–Crippen MR) is 88.6 cm³/mol. The molecule has 1 saturated carbocycles. The summed E-state index contributed by atoms with van der Waals surface area (Å²) < 4.78 is 5.09. The number of carbonyl (C=O) groups is 1. The van der Waals surface area contributed by atoms with Crippen molar-refractivity contribution in [1.82, 2.24) is 5.32 Å². The van der Waals surface area contributed by atoms with Gasteiger partial charge in [-0.3, -0.25) is 4.79 Å². The highest BCUT2D eigenvalue weighted by molar-refractivity contribution is 8.00. The molecule has 1 aliphatic rings. The summed E-state index contributed by atoms with van der Waals surface area (Å²) in [6, 6.07) is 4.06. The second-order valence-electron chi connectivity index (χ2n) is 5.31. The van der Waals surface area contributed by atoms with Crippen molar-refractivity contribution in [3.63, 3.8) is 0 Å². The first kappa shape index (κ1) is 14.7. The van der Waals surface area contributed by atoms with Gasteiger partial charge in [-0.2, -0.15) is 0 Å². The van der Waals surface area contributed by atoms with Crippen LogP contribution < -0.4 is 5.32 Å². The van der Waals surface area contributed by atoms with E-state index in [1.54, 1.807) is 23.9 Å². The Labute approximate surface area is 133 Å². The van der Waals surface area contributed by atoms with Crippen molar-refractivity contribution in [2.24, 2.45) is 0 Å². The van der Waals surface area contributed by atoms with E-state index in [1.807, 2.05) is 17.8 Å². The molecule has 5 heteroatoms. The number of rotatable bonds is 6. The van der Waals surface area contributed by atoms with Gasteiger partial charge in [-0.1, -0.05) is 12.8 Å². The minimum atomic E-state index is 0.144. The number of furan rings is 1. The third kappa shape index (κ3) is 4.14. The van der Waals surface area contributed by atoms with E-state index in [2.05, 4.69) is 16.8 Å². The summed E-state index contributed by atoms with van der Waals surface area (Å²) in [6.45, 7) is 0.618. The summed E-state index contributed by atoms with van der Waals surface area (Å²) >= 11 is 3.48. The first-order valence-corrected chi connectivity index (χ1v) is 9.22. The van der Waals surface area contributed by atoms with Crippen LogP contribution in [0, 0.1) is 0 Å². The maximum Gasteiger partial charge on any atom is 0.230 e. The van der Waals surface area contributed by atoms with Crippen molar-refractivity contribution in [2.75, 3.05) is 5.75 Å². The molecule has 1 aliphatic carbocycles. The van der Waals surface area contributed by atoms with Gasteiger partial charge >= 0.3 is 0 Å². The third-order valence-corrected chi connectivity index (χ3v) is 6.03. The van der Waals surface area contributed by atoms with Crippen molar-refractivity contribution in [2.45, 2.75) is 37.5 Å². The highest BCUT2D eigenvalue weighted by atomic mass is 32.2. The normalized spacial score (nSPS) is 15.4. The second-order valence-corrected chi connectivity index (χ2v) is 7.59. The maximum atomic E-state index is 11.9. The smallest absolute Gasteiger partial charge is 0.230 e. The Kier molecular flexibility index (Phi) is 5.04. The average Bonchev–Trinajstić information content (AvgIpc) is 3.24. The van der Waals surface area contributed by atoms with Gasteiger partial charge in [0.25, 0.3) is 0 Å². The first-order chi connectivity index (χ1) is 10.3. The Morgan fingerprint density at radius 1 is 1.38 bits per heavy atom. The summed E-state index contributed by atoms with van der Waals surface area (Å²) in [5, 5.41) is 5.80. The van der Waals surface area contributed by atoms with Crippen LogP contribution in [0.4, 0.5) is 0 Å².